The molecule has 0 aliphatic rings. The van der Waals surface area contributed by atoms with E-state index in [9.17, 15) is 9.59 Å². The second kappa shape index (κ2) is 6.53. The third-order valence-electron chi connectivity index (χ3n) is 2.90. The van der Waals surface area contributed by atoms with Crippen LogP contribution in [0.15, 0.2) is 35.1 Å². The Balaban J connectivity index is 2.00. The number of aromatic nitrogens is 2. The predicted octanol–water partition coefficient (Wildman–Crippen LogP) is 2.23. The Morgan fingerprint density at radius 2 is 2.05 bits per heavy atom. The summed E-state index contributed by atoms with van der Waals surface area (Å²) in [6.07, 6.45) is 1.84. The van der Waals surface area contributed by atoms with Crippen molar-refractivity contribution < 1.29 is 14.7 Å². The lowest BCUT2D eigenvalue weighted by molar-refractivity contribution is 0.0684. The zero-order valence-corrected chi connectivity index (χ0v) is 12.8. The Morgan fingerprint density at radius 1 is 1.38 bits per heavy atom. The molecule has 110 valence electrons. The number of nitrogens with zero attached hydrogens (tertiary/aromatic N) is 1. The van der Waals surface area contributed by atoms with E-state index in [1.54, 1.807) is 0 Å². The van der Waals surface area contributed by atoms with Gasteiger partial charge >= 0.3 is 5.97 Å². The van der Waals surface area contributed by atoms with Crippen molar-refractivity contribution >= 4 is 27.8 Å². The Bertz CT molecular complexity index is 652. The van der Waals surface area contributed by atoms with Gasteiger partial charge in [0.1, 0.15) is 0 Å². The second-order valence-electron chi connectivity index (χ2n) is 4.64. The zero-order chi connectivity index (χ0) is 15.4. The largest absolute Gasteiger partial charge is 0.477 e. The summed E-state index contributed by atoms with van der Waals surface area (Å²) < 4.78 is 0.991. The van der Waals surface area contributed by atoms with Crippen molar-refractivity contribution in [1.29, 1.82) is 0 Å². The molecule has 1 atom stereocenters. The highest BCUT2D eigenvalue weighted by atomic mass is 79.9. The van der Waals surface area contributed by atoms with Gasteiger partial charge in [-0.3, -0.25) is 4.79 Å². The molecule has 0 saturated heterocycles. The molecule has 6 nitrogen and oxygen atoms in total. The van der Waals surface area contributed by atoms with Crippen molar-refractivity contribution in [3.63, 3.8) is 0 Å². The molecule has 1 aromatic heterocycles. The molecule has 1 unspecified atom stereocenters. The summed E-state index contributed by atoms with van der Waals surface area (Å²) in [4.78, 5) is 29.2. The molecule has 0 spiro atoms. The Kier molecular flexibility index (Phi) is 4.74. The van der Waals surface area contributed by atoms with Gasteiger partial charge in [0.05, 0.1) is 6.33 Å². The van der Waals surface area contributed by atoms with E-state index in [0.717, 1.165) is 10.0 Å². The molecule has 1 amide bonds. The first-order chi connectivity index (χ1) is 9.97. The number of carbonyl (C=O) groups excluding carboxylic acids is 1. The van der Waals surface area contributed by atoms with Gasteiger partial charge in [0, 0.05) is 10.5 Å². The summed E-state index contributed by atoms with van der Waals surface area (Å²) in [5.41, 5.74) is 0.764. The third kappa shape index (κ3) is 3.91. The van der Waals surface area contributed by atoms with Gasteiger partial charge in [-0.05, 0) is 31.0 Å². The molecule has 7 heteroatoms. The van der Waals surface area contributed by atoms with E-state index in [2.05, 4.69) is 31.2 Å². The predicted molar refractivity (Wildman–Crippen MR) is 80.3 cm³/mol. The van der Waals surface area contributed by atoms with Crippen molar-refractivity contribution in [3.8, 4) is 0 Å². The molecule has 1 aromatic carbocycles. The smallest absolute Gasteiger partial charge is 0.354 e. The molecule has 0 aliphatic carbocycles. The first-order valence-corrected chi connectivity index (χ1v) is 7.08. The Morgan fingerprint density at radius 3 is 2.67 bits per heavy atom. The van der Waals surface area contributed by atoms with Crippen LogP contribution in [0.5, 0.6) is 0 Å². The summed E-state index contributed by atoms with van der Waals surface area (Å²) in [7, 11) is 0. The number of rotatable bonds is 5. The van der Waals surface area contributed by atoms with Crippen molar-refractivity contribution in [2.24, 2.45) is 0 Å². The highest BCUT2D eigenvalue weighted by Gasteiger charge is 2.20. The minimum absolute atomic E-state index is 0.106. The van der Waals surface area contributed by atoms with Crippen LogP contribution in [-0.4, -0.2) is 33.0 Å². The molecule has 0 saturated carbocycles. The van der Waals surface area contributed by atoms with E-state index < -0.39 is 11.9 Å². The van der Waals surface area contributed by atoms with Gasteiger partial charge in [-0.15, -0.1) is 0 Å². The van der Waals surface area contributed by atoms with Crippen molar-refractivity contribution in [2.75, 3.05) is 0 Å². The van der Waals surface area contributed by atoms with Gasteiger partial charge in [-0.2, -0.15) is 0 Å². The van der Waals surface area contributed by atoms with Crippen LogP contribution >= 0.6 is 15.9 Å². The Hall–Kier alpha value is -2.15. The average Bonchev–Trinajstić information content (AvgIpc) is 2.91. The summed E-state index contributed by atoms with van der Waals surface area (Å²) in [6.45, 7) is 1.85. The summed E-state index contributed by atoms with van der Waals surface area (Å²) in [5.74, 6) is -1.71. The maximum absolute atomic E-state index is 12.0. The molecular weight excluding hydrogens is 338 g/mol. The number of hydrogen-bond donors (Lipinski definition) is 3. The second-order valence-corrected chi connectivity index (χ2v) is 5.55. The number of benzene rings is 1. The van der Waals surface area contributed by atoms with Gasteiger partial charge in [-0.1, -0.05) is 28.1 Å². The van der Waals surface area contributed by atoms with Crippen LogP contribution in [0.3, 0.4) is 0 Å². The molecule has 2 aromatic rings. The number of imidazole rings is 1. The molecule has 1 heterocycles. The van der Waals surface area contributed by atoms with E-state index in [0.29, 0.717) is 6.42 Å². The van der Waals surface area contributed by atoms with E-state index in [1.807, 2.05) is 31.2 Å². The zero-order valence-electron chi connectivity index (χ0n) is 11.3. The maximum Gasteiger partial charge on any atom is 0.354 e. The quantitative estimate of drug-likeness (QED) is 0.769. The number of nitrogens with one attached hydrogen (secondary N) is 2. The Labute approximate surface area is 129 Å². The number of H-pyrrole nitrogens is 1. The average molecular weight is 352 g/mol. The number of halogens is 1. The van der Waals surface area contributed by atoms with Crippen LogP contribution in [0.4, 0.5) is 0 Å². The number of carboxylic acids is 1. The fourth-order valence-electron chi connectivity index (χ4n) is 1.95. The van der Waals surface area contributed by atoms with Crippen LogP contribution in [0.25, 0.3) is 0 Å². The van der Waals surface area contributed by atoms with Crippen molar-refractivity contribution in [3.05, 3.63) is 52.0 Å². The fourth-order valence-corrected chi connectivity index (χ4v) is 2.21. The van der Waals surface area contributed by atoms with Crippen LogP contribution < -0.4 is 5.32 Å². The standard InChI is InChI=1S/C14H14BrN3O3/c1-8(6-9-2-4-10(15)5-3-9)18-13(19)11-12(14(20)21)17-7-16-11/h2-5,7-8H,6H2,1H3,(H,16,17)(H,18,19)(H,20,21). The van der Waals surface area contributed by atoms with Crippen molar-refractivity contribution in [2.45, 2.75) is 19.4 Å². The number of aromatic carboxylic acids is 1. The SMILES string of the molecule is CC(Cc1ccc(Br)cc1)NC(=O)c1nc[nH]c1C(=O)O. The highest BCUT2D eigenvalue weighted by molar-refractivity contribution is 9.10. The topological polar surface area (TPSA) is 95.1 Å². The number of amides is 1. The lowest BCUT2D eigenvalue weighted by Crippen LogP contribution is -2.35. The highest BCUT2D eigenvalue weighted by Crippen LogP contribution is 2.12. The van der Waals surface area contributed by atoms with Gasteiger partial charge in [0.25, 0.3) is 5.91 Å². The molecule has 0 bridgehead atoms. The van der Waals surface area contributed by atoms with Gasteiger partial charge in [0.2, 0.25) is 0 Å². The number of carboxylic acid groups (broad SMARTS) is 1. The molecule has 3 N–H and O–H groups in total. The van der Waals surface area contributed by atoms with Crippen molar-refractivity contribution in [1.82, 2.24) is 15.3 Å². The van der Waals surface area contributed by atoms with Gasteiger partial charge in [-0.25, -0.2) is 9.78 Å². The molecule has 2 rings (SSSR count). The van der Waals surface area contributed by atoms with Gasteiger partial charge < -0.3 is 15.4 Å². The van der Waals surface area contributed by atoms with E-state index in [1.165, 1.54) is 6.33 Å². The normalized spacial score (nSPS) is 11.9. The van der Waals surface area contributed by atoms with Crippen LogP contribution in [0.2, 0.25) is 0 Å². The molecule has 0 aliphatic heterocycles. The number of aromatic amines is 1. The third-order valence-corrected chi connectivity index (χ3v) is 3.43. The van der Waals surface area contributed by atoms with Gasteiger partial charge in [0.15, 0.2) is 11.4 Å². The van der Waals surface area contributed by atoms with E-state index >= 15 is 0 Å². The van der Waals surface area contributed by atoms with Crippen LogP contribution in [0.1, 0.15) is 33.5 Å². The monoisotopic (exact) mass is 351 g/mol. The lowest BCUT2D eigenvalue weighted by atomic mass is 10.1. The molecule has 21 heavy (non-hydrogen) atoms. The first kappa shape index (κ1) is 15.2. The number of hydrogen-bond acceptors (Lipinski definition) is 3. The molecule has 0 radical (unpaired) electrons. The number of carbonyl (C=O) groups is 2. The first-order valence-electron chi connectivity index (χ1n) is 6.29. The van der Waals surface area contributed by atoms with E-state index in [4.69, 9.17) is 5.11 Å². The molecular formula is C14H14BrN3O3. The van der Waals surface area contributed by atoms with Crippen LogP contribution in [0, 0.1) is 0 Å². The summed E-state index contributed by atoms with van der Waals surface area (Å²) >= 11 is 3.36. The molecule has 0 fully saturated rings. The minimum Gasteiger partial charge on any atom is -0.477 e. The minimum atomic E-state index is -1.21. The van der Waals surface area contributed by atoms with E-state index in [-0.39, 0.29) is 17.4 Å². The van der Waals surface area contributed by atoms with Crippen LogP contribution in [-0.2, 0) is 6.42 Å². The lowest BCUT2D eigenvalue weighted by Gasteiger charge is -2.13. The maximum atomic E-state index is 12.0. The summed E-state index contributed by atoms with van der Waals surface area (Å²) in [5, 5.41) is 11.7. The fraction of sp³-hybridized carbons (Fsp3) is 0.214. The summed E-state index contributed by atoms with van der Waals surface area (Å²) in [6, 6.07) is 7.64.